The van der Waals surface area contributed by atoms with Crippen LogP contribution in [0.1, 0.15) is 59.3 Å². The van der Waals surface area contributed by atoms with E-state index in [9.17, 15) is 13.2 Å². The number of carbonyl (C=O) groups is 1. The van der Waals surface area contributed by atoms with Crippen molar-refractivity contribution in [2.45, 2.75) is 75.8 Å². The summed E-state index contributed by atoms with van der Waals surface area (Å²) < 4.78 is 38.7. The number of carbonyl (C=O) groups excluding carboxylic acids is 1. The van der Waals surface area contributed by atoms with E-state index in [1.807, 2.05) is 0 Å². The first-order chi connectivity index (χ1) is 12.6. The van der Waals surface area contributed by atoms with Gasteiger partial charge < -0.3 is 9.47 Å². The van der Waals surface area contributed by atoms with Crippen LogP contribution < -0.4 is 9.46 Å². The van der Waals surface area contributed by atoms with Gasteiger partial charge in [0.05, 0.1) is 12.0 Å². The number of hydrogen-bond acceptors (Lipinski definition) is 5. The topological polar surface area (TPSA) is 81.7 Å². The molecule has 1 aliphatic rings. The van der Waals surface area contributed by atoms with E-state index in [2.05, 4.69) is 4.72 Å². The Morgan fingerprint density at radius 2 is 1.74 bits per heavy atom. The molecule has 0 saturated heterocycles. The van der Waals surface area contributed by atoms with Gasteiger partial charge >= 0.3 is 5.97 Å². The third-order valence-corrected chi connectivity index (χ3v) is 6.14. The number of ether oxygens (including phenoxy) is 2. The van der Waals surface area contributed by atoms with Gasteiger partial charge in [-0.25, -0.2) is 8.42 Å². The second-order valence-corrected chi connectivity index (χ2v) is 9.84. The lowest BCUT2D eigenvalue weighted by atomic mass is 9.85. The van der Waals surface area contributed by atoms with E-state index in [-0.39, 0.29) is 4.90 Å². The standard InChI is InChI=1S/C20H31NO5S/c1-20(2,3)26-19(22)18(14-15-8-6-5-7-9-15)21-27(23,24)17-12-10-16(25-4)11-13-17/h10-13,15,18,21H,5-9,14H2,1-4H3/t18-/m1/s1. The third kappa shape index (κ3) is 6.81. The number of sulfonamides is 1. The van der Waals surface area contributed by atoms with E-state index in [4.69, 9.17) is 9.47 Å². The summed E-state index contributed by atoms with van der Waals surface area (Å²) >= 11 is 0. The molecular weight excluding hydrogens is 366 g/mol. The molecular formula is C20H31NO5S. The van der Waals surface area contributed by atoms with Crippen molar-refractivity contribution in [3.63, 3.8) is 0 Å². The van der Waals surface area contributed by atoms with E-state index >= 15 is 0 Å². The molecule has 0 aliphatic heterocycles. The fourth-order valence-corrected chi connectivity index (χ4v) is 4.53. The largest absolute Gasteiger partial charge is 0.497 e. The quantitative estimate of drug-likeness (QED) is 0.710. The minimum atomic E-state index is -3.84. The molecule has 2 rings (SSSR count). The zero-order valence-corrected chi connectivity index (χ0v) is 17.5. The van der Waals surface area contributed by atoms with E-state index in [0.29, 0.717) is 18.1 Å². The van der Waals surface area contributed by atoms with Crippen LogP contribution in [-0.4, -0.2) is 33.1 Å². The van der Waals surface area contributed by atoms with Crippen molar-refractivity contribution >= 4 is 16.0 Å². The van der Waals surface area contributed by atoms with Gasteiger partial charge in [-0.1, -0.05) is 32.1 Å². The monoisotopic (exact) mass is 397 g/mol. The number of nitrogens with one attached hydrogen (secondary N) is 1. The molecule has 1 fully saturated rings. The lowest BCUT2D eigenvalue weighted by molar-refractivity contribution is -0.157. The molecule has 1 atom stereocenters. The van der Waals surface area contributed by atoms with Crippen molar-refractivity contribution in [1.82, 2.24) is 4.72 Å². The molecule has 1 aromatic rings. The highest BCUT2D eigenvalue weighted by Gasteiger charge is 2.32. The minimum Gasteiger partial charge on any atom is -0.497 e. The first-order valence-electron chi connectivity index (χ1n) is 9.50. The summed E-state index contributed by atoms with van der Waals surface area (Å²) in [7, 11) is -2.32. The van der Waals surface area contributed by atoms with Crippen LogP contribution in [0.4, 0.5) is 0 Å². The first kappa shape index (κ1) is 21.7. The summed E-state index contributed by atoms with van der Waals surface area (Å²) in [6.07, 6.45) is 5.94. The number of esters is 1. The zero-order valence-electron chi connectivity index (χ0n) is 16.7. The van der Waals surface area contributed by atoms with Crippen LogP contribution in [0, 0.1) is 5.92 Å². The zero-order chi connectivity index (χ0) is 20.1. The van der Waals surface area contributed by atoms with Crippen LogP contribution in [0.5, 0.6) is 5.75 Å². The maximum Gasteiger partial charge on any atom is 0.324 e. The Kier molecular flexibility index (Phi) is 7.28. The van der Waals surface area contributed by atoms with Crippen molar-refractivity contribution in [2.75, 3.05) is 7.11 Å². The molecule has 0 heterocycles. The second kappa shape index (κ2) is 9.06. The van der Waals surface area contributed by atoms with Gasteiger partial charge in [-0.05, 0) is 57.4 Å². The maximum absolute atomic E-state index is 12.8. The van der Waals surface area contributed by atoms with Gasteiger partial charge in [0.15, 0.2) is 0 Å². The Bertz CT molecular complexity index is 716. The number of benzene rings is 1. The molecule has 1 N–H and O–H groups in total. The predicted octanol–water partition coefficient (Wildman–Crippen LogP) is 3.65. The van der Waals surface area contributed by atoms with Gasteiger partial charge in [0.1, 0.15) is 17.4 Å². The van der Waals surface area contributed by atoms with Crippen molar-refractivity contribution in [1.29, 1.82) is 0 Å². The molecule has 0 radical (unpaired) electrons. The van der Waals surface area contributed by atoms with Crippen LogP contribution in [0.3, 0.4) is 0 Å². The predicted molar refractivity (Wildman–Crippen MR) is 104 cm³/mol. The lowest BCUT2D eigenvalue weighted by Gasteiger charge is -2.28. The smallest absolute Gasteiger partial charge is 0.324 e. The van der Waals surface area contributed by atoms with Gasteiger partial charge in [-0.15, -0.1) is 0 Å². The van der Waals surface area contributed by atoms with Crippen molar-refractivity contribution in [3.05, 3.63) is 24.3 Å². The van der Waals surface area contributed by atoms with Gasteiger partial charge in [0, 0.05) is 0 Å². The molecule has 0 unspecified atom stereocenters. The van der Waals surface area contributed by atoms with E-state index in [0.717, 1.165) is 25.7 Å². The van der Waals surface area contributed by atoms with Gasteiger partial charge in [-0.2, -0.15) is 4.72 Å². The van der Waals surface area contributed by atoms with E-state index in [1.54, 1.807) is 32.9 Å². The van der Waals surface area contributed by atoms with Crippen LogP contribution in [0.25, 0.3) is 0 Å². The Labute approximate surface area is 162 Å². The molecule has 0 spiro atoms. The summed E-state index contributed by atoms with van der Waals surface area (Å²) in [5.74, 6) is 0.375. The summed E-state index contributed by atoms with van der Waals surface area (Å²) in [6.45, 7) is 5.33. The molecule has 27 heavy (non-hydrogen) atoms. The lowest BCUT2D eigenvalue weighted by Crippen LogP contribution is -2.45. The number of rotatable bonds is 7. The average molecular weight is 398 g/mol. The summed E-state index contributed by atoms with van der Waals surface area (Å²) in [5, 5.41) is 0. The van der Waals surface area contributed by atoms with Crippen LogP contribution in [0.2, 0.25) is 0 Å². The van der Waals surface area contributed by atoms with E-state index < -0.39 is 27.6 Å². The van der Waals surface area contributed by atoms with Gasteiger partial charge in [-0.3, -0.25) is 4.79 Å². The van der Waals surface area contributed by atoms with E-state index in [1.165, 1.54) is 25.7 Å². The average Bonchev–Trinajstić information content (AvgIpc) is 2.60. The van der Waals surface area contributed by atoms with Crippen molar-refractivity contribution in [2.24, 2.45) is 5.92 Å². The maximum atomic E-state index is 12.8. The molecule has 6 nitrogen and oxygen atoms in total. The van der Waals surface area contributed by atoms with Gasteiger partial charge in [0.25, 0.3) is 0 Å². The Morgan fingerprint density at radius 1 is 1.15 bits per heavy atom. The molecule has 1 saturated carbocycles. The fraction of sp³-hybridized carbons (Fsp3) is 0.650. The highest BCUT2D eigenvalue weighted by atomic mass is 32.2. The van der Waals surface area contributed by atoms with Crippen molar-refractivity contribution < 1.29 is 22.7 Å². The Morgan fingerprint density at radius 3 is 2.26 bits per heavy atom. The molecule has 0 amide bonds. The number of methoxy groups -OCH3 is 1. The second-order valence-electron chi connectivity index (χ2n) is 8.12. The minimum absolute atomic E-state index is 0.0977. The van der Waals surface area contributed by atoms with Crippen LogP contribution in [-0.2, 0) is 19.6 Å². The molecule has 0 aromatic heterocycles. The molecule has 1 aliphatic carbocycles. The van der Waals surface area contributed by atoms with Gasteiger partial charge in [0.2, 0.25) is 10.0 Å². The molecule has 7 heteroatoms. The van der Waals surface area contributed by atoms with Crippen LogP contribution in [0.15, 0.2) is 29.2 Å². The summed E-state index contributed by atoms with van der Waals surface area (Å²) in [6, 6.07) is 5.21. The number of hydrogen-bond donors (Lipinski definition) is 1. The third-order valence-electron chi connectivity index (χ3n) is 4.65. The Hall–Kier alpha value is -1.60. The normalized spacial score (nSPS) is 17.3. The highest BCUT2D eigenvalue weighted by molar-refractivity contribution is 7.89. The first-order valence-corrected chi connectivity index (χ1v) is 11.0. The van der Waals surface area contributed by atoms with Crippen LogP contribution >= 0.6 is 0 Å². The van der Waals surface area contributed by atoms with Crippen molar-refractivity contribution in [3.8, 4) is 5.75 Å². The Balaban J connectivity index is 2.18. The molecule has 0 bridgehead atoms. The summed E-state index contributed by atoms with van der Waals surface area (Å²) in [5.41, 5.74) is -0.673. The SMILES string of the molecule is COc1ccc(S(=O)(=O)N[C@H](CC2CCCCC2)C(=O)OC(C)(C)C)cc1. The molecule has 1 aromatic carbocycles. The highest BCUT2D eigenvalue weighted by Crippen LogP contribution is 2.28. The fourth-order valence-electron chi connectivity index (χ4n) is 3.33. The summed E-state index contributed by atoms with van der Waals surface area (Å²) in [4.78, 5) is 12.8. The molecule has 152 valence electrons.